The molecule has 0 heterocycles. The van der Waals surface area contributed by atoms with Gasteiger partial charge in [-0.15, -0.1) is 11.6 Å². The number of nitrogens with two attached hydrogens (primary N) is 1. The minimum absolute atomic E-state index is 0.140. The van der Waals surface area contributed by atoms with Crippen molar-refractivity contribution in [3.05, 3.63) is 0 Å². The van der Waals surface area contributed by atoms with Gasteiger partial charge in [0.1, 0.15) is 18.6 Å². The number of carbonyl (C=O) groups is 5. The molecule has 10 nitrogen and oxygen atoms in total. The number of halogens is 1. The molecule has 2 amide bonds. The van der Waals surface area contributed by atoms with Gasteiger partial charge in [0.15, 0.2) is 0 Å². The van der Waals surface area contributed by atoms with E-state index in [1.54, 1.807) is 0 Å². The molecule has 0 radical (unpaired) electrons. The number of alkyl halides is 1. The number of amides is 2. The molecule has 0 aromatic rings. The molecule has 2 atom stereocenters. The Balaban J connectivity index is 4.63. The average Bonchev–Trinajstić information content (AvgIpc) is 2.53. The predicted molar refractivity (Wildman–Crippen MR) is 85.6 cm³/mol. The Labute approximate surface area is 146 Å². The van der Waals surface area contributed by atoms with Crippen LogP contribution in [0.3, 0.4) is 0 Å². The van der Waals surface area contributed by atoms with Crippen molar-refractivity contribution in [2.75, 3.05) is 18.2 Å². The third-order valence-electron chi connectivity index (χ3n) is 2.59. The van der Waals surface area contributed by atoms with Crippen molar-refractivity contribution < 1.29 is 34.2 Å². The Bertz CT molecular complexity index is 503. The van der Waals surface area contributed by atoms with Gasteiger partial charge in [-0.1, -0.05) is 11.8 Å². The molecule has 0 aromatic carbocycles. The summed E-state index contributed by atoms with van der Waals surface area (Å²) in [5.41, 5.74) is 5.27. The summed E-state index contributed by atoms with van der Waals surface area (Å²) in [5, 5.41) is 21.1. The van der Waals surface area contributed by atoms with Gasteiger partial charge in [-0.25, -0.2) is 0 Å². The van der Waals surface area contributed by atoms with Gasteiger partial charge < -0.3 is 26.6 Å². The molecule has 0 aromatic heterocycles. The maximum absolute atomic E-state index is 11.9. The first-order valence-corrected chi connectivity index (χ1v) is 8.18. The molecule has 0 aliphatic heterocycles. The first-order chi connectivity index (χ1) is 11.2. The van der Waals surface area contributed by atoms with Crippen LogP contribution in [0.4, 0.5) is 0 Å². The smallest absolute Gasteiger partial charge is 0.322 e. The maximum Gasteiger partial charge on any atom is 0.322 e. The van der Waals surface area contributed by atoms with Gasteiger partial charge in [0, 0.05) is 12.2 Å². The number of hydrogen-bond acceptors (Lipinski definition) is 7. The summed E-state index contributed by atoms with van der Waals surface area (Å²) in [6.07, 6.45) is -0.386. The molecule has 0 saturated carbocycles. The molecule has 0 fully saturated rings. The van der Waals surface area contributed by atoms with Crippen molar-refractivity contribution >= 4 is 52.2 Å². The molecule has 0 rings (SSSR count). The lowest BCUT2D eigenvalue weighted by Crippen LogP contribution is -2.49. The lowest BCUT2D eigenvalue weighted by atomic mass is 10.1. The largest absolute Gasteiger partial charge is 0.480 e. The number of carboxylic acid groups (broad SMARTS) is 2. The van der Waals surface area contributed by atoms with Gasteiger partial charge >= 0.3 is 11.9 Å². The molecule has 6 N–H and O–H groups in total. The van der Waals surface area contributed by atoms with Crippen molar-refractivity contribution in [3.63, 3.8) is 0 Å². The fourth-order valence-electron chi connectivity index (χ4n) is 1.36. The van der Waals surface area contributed by atoms with Crippen LogP contribution in [-0.2, 0) is 24.0 Å². The van der Waals surface area contributed by atoms with Gasteiger partial charge in [-0.2, -0.15) is 0 Å². The first-order valence-electron chi connectivity index (χ1n) is 6.66. The lowest BCUT2D eigenvalue weighted by molar-refractivity contribution is -0.139. The second-order valence-electron chi connectivity index (χ2n) is 4.53. The highest BCUT2D eigenvalue weighted by molar-refractivity contribution is 8.13. The Hall–Kier alpha value is -1.85. The highest BCUT2D eigenvalue weighted by atomic mass is 35.5. The van der Waals surface area contributed by atoms with Crippen LogP contribution in [0.2, 0.25) is 0 Å². The first kappa shape index (κ1) is 22.1. The minimum Gasteiger partial charge on any atom is -0.480 e. The van der Waals surface area contributed by atoms with Crippen molar-refractivity contribution in [2.45, 2.75) is 24.9 Å². The number of carboxylic acids is 2. The molecule has 0 aliphatic carbocycles. The number of aliphatic carboxylic acids is 2. The van der Waals surface area contributed by atoms with E-state index in [0.29, 0.717) is 11.8 Å². The van der Waals surface area contributed by atoms with E-state index in [1.165, 1.54) is 0 Å². The summed E-state index contributed by atoms with van der Waals surface area (Å²) in [6.45, 7) is -0.650. The van der Waals surface area contributed by atoms with Crippen LogP contribution in [0, 0.1) is 0 Å². The Morgan fingerprint density at radius 1 is 1.17 bits per heavy atom. The van der Waals surface area contributed by atoms with Gasteiger partial charge in [0.2, 0.25) is 16.9 Å². The summed E-state index contributed by atoms with van der Waals surface area (Å²) in [5.74, 6) is -4.40. The number of rotatable bonds is 11. The van der Waals surface area contributed by atoms with Gasteiger partial charge in [0.05, 0.1) is 5.88 Å². The van der Waals surface area contributed by atoms with E-state index in [2.05, 4.69) is 10.6 Å². The van der Waals surface area contributed by atoms with Crippen LogP contribution in [0.15, 0.2) is 0 Å². The molecule has 0 saturated heterocycles. The standard InChI is InChI=1S/C12H18ClN3O7S/c13-3-10(20)24-5-7(11(21)15-4-9(18)19)16-8(17)2-1-6(14)12(22)23/h6-7H,1-5,14H2,(H,15,21)(H,16,17)(H,18,19)(H,22,23)/t6-,7-/m0/s1. The topological polar surface area (TPSA) is 176 Å². The lowest BCUT2D eigenvalue weighted by Gasteiger charge is -2.17. The zero-order valence-corrected chi connectivity index (χ0v) is 14.1. The van der Waals surface area contributed by atoms with Crippen molar-refractivity contribution in [1.82, 2.24) is 10.6 Å². The maximum atomic E-state index is 11.9. The second kappa shape index (κ2) is 11.6. The zero-order chi connectivity index (χ0) is 18.7. The zero-order valence-electron chi connectivity index (χ0n) is 12.5. The molecular weight excluding hydrogens is 366 g/mol. The average molecular weight is 384 g/mol. The molecule has 136 valence electrons. The molecule has 0 unspecified atom stereocenters. The van der Waals surface area contributed by atoms with E-state index in [9.17, 15) is 24.0 Å². The molecule has 0 bridgehead atoms. The third-order valence-corrected chi connectivity index (χ3v) is 3.95. The highest BCUT2D eigenvalue weighted by Crippen LogP contribution is 2.07. The quantitative estimate of drug-likeness (QED) is 0.262. The van der Waals surface area contributed by atoms with E-state index in [4.69, 9.17) is 27.5 Å². The Morgan fingerprint density at radius 2 is 1.79 bits per heavy atom. The van der Waals surface area contributed by atoms with Gasteiger partial charge in [-0.05, 0) is 6.42 Å². The molecule has 0 spiro atoms. The number of thioether (sulfide) groups is 1. The summed E-state index contributed by atoms with van der Waals surface area (Å²) in [7, 11) is 0. The van der Waals surface area contributed by atoms with E-state index < -0.39 is 47.5 Å². The van der Waals surface area contributed by atoms with Gasteiger partial charge in [0.25, 0.3) is 0 Å². The Kier molecular flexibility index (Phi) is 10.8. The normalized spacial score (nSPS) is 12.8. The van der Waals surface area contributed by atoms with Crippen molar-refractivity contribution in [1.29, 1.82) is 0 Å². The van der Waals surface area contributed by atoms with Crippen LogP contribution in [0.5, 0.6) is 0 Å². The van der Waals surface area contributed by atoms with Crippen molar-refractivity contribution in [3.8, 4) is 0 Å². The van der Waals surface area contributed by atoms with Crippen LogP contribution in [-0.4, -0.2) is 69.3 Å². The fourth-order valence-corrected chi connectivity index (χ4v) is 2.26. The van der Waals surface area contributed by atoms with E-state index in [1.807, 2.05) is 0 Å². The van der Waals surface area contributed by atoms with Crippen LogP contribution < -0.4 is 16.4 Å². The summed E-state index contributed by atoms with van der Waals surface area (Å²) in [4.78, 5) is 55.8. The molecule has 0 aliphatic rings. The summed E-state index contributed by atoms with van der Waals surface area (Å²) in [6, 6.07) is -2.39. The second-order valence-corrected chi connectivity index (χ2v) is 5.88. The monoisotopic (exact) mass is 383 g/mol. The van der Waals surface area contributed by atoms with Crippen molar-refractivity contribution in [2.24, 2.45) is 5.73 Å². The number of nitrogens with one attached hydrogen (secondary N) is 2. The van der Waals surface area contributed by atoms with Crippen LogP contribution >= 0.6 is 23.4 Å². The SMILES string of the molecule is N[C@@H](CCC(=O)N[C@@H](CSC(=O)CCl)C(=O)NCC(=O)O)C(=O)O. The molecule has 12 heteroatoms. The molecule has 24 heavy (non-hydrogen) atoms. The Morgan fingerprint density at radius 3 is 2.29 bits per heavy atom. The summed E-state index contributed by atoms with van der Waals surface area (Å²) >= 11 is 6.04. The van der Waals surface area contributed by atoms with E-state index >= 15 is 0 Å². The van der Waals surface area contributed by atoms with E-state index in [-0.39, 0.29) is 24.5 Å². The van der Waals surface area contributed by atoms with Crippen LogP contribution in [0.1, 0.15) is 12.8 Å². The highest BCUT2D eigenvalue weighted by Gasteiger charge is 2.23. The predicted octanol–water partition coefficient (Wildman–Crippen LogP) is -1.64. The number of carbonyl (C=O) groups excluding carboxylic acids is 3. The minimum atomic E-state index is -1.27. The van der Waals surface area contributed by atoms with E-state index in [0.717, 1.165) is 0 Å². The number of hydrogen-bond donors (Lipinski definition) is 5. The van der Waals surface area contributed by atoms with Gasteiger partial charge in [-0.3, -0.25) is 24.0 Å². The van der Waals surface area contributed by atoms with Crippen LogP contribution in [0.25, 0.3) is 0 Å². The fraction of sp³-hybridized carbons (Fsp3) is 0.583. The summed E-state index contributed by atoms with van der Waals surface area (Å²) < 4.78 is 0. The third kappa shape index (κ3) is 10.0. The molecular formula is C12H18ClN3O7S.